The number of imidazole rings is 1. The fourth-order valence-corrected chi connectivity index (χ4v) is 3.58. The highest BCUT2D eigenvalue weighted by Crippen LogP contribution is 2.23. The van der Waals surface area contributed by atoms with Gasteiger partial charge in [-0.3, -0.25) is 0 Å². The maximum absolute atomic E-state index is 5.48. The molecule has 0 saturated heterocycles. The van der Waals surface area contributed by atoms with E-state index in [-0.39, 0.29) is 0 Å². The molecule has 3 rings (SSSR count). The zero-order valence-electron chi connectivity index (χ0n) is 11.0. The molecule has 0 amide bonds. The van der Waals surface area contributed by atoms with Crippen molar-refractivity contribution < 1.29 is 0 Å². The Morgan fingerprint density at radius 2 is 2.21 bits per heavy atom. The predicted molar refractivity (Wildman–Crippen MR) is 84.6 cm³/mol. The molecule has 0 aliphatic heterocycles. The molecule has 1 N–H and O–H groups in total. The van der Waals surface area contributed by atoms with Crippen molar-refractivity contribution in [3.8, 4) is 0 Å². The Balaban J connectivity index is 2.06. The normalized spacial score (nSPS) is 12.9. The summed E-state index contributed by atoms with van der Waals surface area (Å²) in [5.41, 5.74) is 4.96. The number of hydrogen-bond acceptors (Lipinski definition) is 2. The third kappa shape index (κ3) is 2.38. The number of rotatable bonds is 3. The molecule has 0 aliphatic rings. The first kappa shape index (κ1) is 12.6. The summed E-state index contributed by atoms with van der Waals surface area (Å²) in [6.45, 7) is 4.34. The maximum atomic E-state index is 5.48. The first-order valence-corrected chi connectivity index (χ1v) is 7.72. The highest BCUT2D eigenvalue weighted by atomic mass is 32.1. The Hall–Kier alpha value is -1.39. The van der Waals surface area contributed by atoms with Crippen LogP contribution >= 0.6 is 23.6 Å². The van der Waals surface area contributed by atoms with Crippen LogP contribution in [0.5, 0.6) is 0 Å². The Bertz CT molecular complexity index is 750. The van der Waals surface area contributed by atoms with Crippen molar-refractivity contribution in [1.82, 2.24) is 9.55 Å². The molecule has 0 bridgehead atoms. The minimum absolute atomic E-state index is 0.359. The molecule has 98 valence electrons. The molecule has 1 unspecified atom stereocenters. The molecule has 1 aromatic carbocycles. The molecule has 0 fully saturated rings. The summed E-state index contributed by atoms with van der Waals surface area (Å²) in [7, 11) is 0. The molecule has 19 heavy (non-hydrogen) atoms. The minimum atomic E-state index is 0.359. The molecule has 0 aliphatic carbocycles. The summed E-state index contributed by atoms with van der Waals surface area (Å²) >= 11 is 7.22. The number of hydrogen-bond donors (Lipinski definition) is 1. The number of aromatic amines is 1. The van der Waals surface area contributed by atoms with Gasteiger partial charge in [-0.05, 0) is 72.6 Å². The van der Waals surface area contributed by atoms with E-state index in [4.69, 9.17) is 12.2 Å². The molecule has 2 aromatic heterocycles. The van der Waals surface area contributed by atoms with Gasteiger partial charge in [-0.15, -0.1) is 0 Å². The molecule has 2 nitrogen and oxygen atoms in total. The topological polar surface area (TPSA) is 20.7 Å². The summed E-state index contributed by atoms with van der Waals surface area (Å²) in [6, 6.07) is 8.96. The first-order chi connectivity index (χ1) is 9.15. The summed E-state index contributed by atoms with van der Waals surface area (Å²) in [5.74, 6) is 0. The van der Waals surface area contributed by atoms with Crippen molar-refractivity contribution in [1.29, 1.82) is 0 Å². The molecule has 2 heterocycles. The third-order valence-electron chi connectivity index (χ3n) is 3.43. The highest BCUT2D eigenvalue weighted by molar-refractivity contribution is 7.71. The van der Waals surface area contributed by atoms with Crippen LogP contribution in [0.25, 0.3) is 11.0 Å². The zero-order chi connectivity index (χ0) is 13.4. The van der Waals surface area contributed by atoms with Crippen LogP contribution in [0, 0.1) is 11.7 Å². The molecular formula is C15H16N2S2. The number of thiophene rings is 1. The van der Waals surface area contributed by atoms with Crippen LogP contribution in [-0.4, -0.2) is 9.55 Å². The lowest BCUT2D eigenvalue weighted by atomic mass is 10.1. The molecule has 3 aromatic rings. The molecule has 0 radical (unpaired) electrons. The van der Waals surface area contributed by atoms with Gasteiger partial charge in [0, 0.05) is 6.04 Å². The Kier molecular flexibility index (Phi) is 3.29. The molecule has 4 heteroatoms. The van der Waals surface area contributed by atoms with Crippen LogP contribution in [0.4, 0.5) is 0 Å². The highest BCUT2D eigenvalue weighted by Gasteiger charge is 2.12. The van der Waals surface area contributed by atoms with Gasteiger partial charge in [-0.25, -0.2) is 0 Å². The van der Waals surface area contributed by atoms with Crippen molar-refractivity contribution in [3.05, 3.63) is 50.9 Å². The second-order valence-corrected chi connectivity index (χ2v) is 6.17. The number of nitrogens with zero attached hydrogens (tertiary/aromatic N) is 1. The summed E-state index contributed by atoms with van der Waals surface area (Å²) in [5, 5.41) is 4.33. The lowest BCUT2D eigenvalue weighted by Crippen LogP contribution is -2.07. The van der Waals surface area contributed by atoms with Crippen LogP contribution in [0.2, 0.25) is 0 Å². The van der Waals surface area contributed by atoms with E-state index in [0.29, 0.717) is 6.04 Å². The van der Waals surface area contributed by atoms with Crippen molar-refractivity contribution >= 4 is 34.6 Å². The van der Waals surface area contributed by atoms with Crippen molar-refractivity contribution in [3.63, 3.8) is 0 Å². The predicted octanol–water partition coefficient (Wildman–Crippen LogP) is 4.87. The Morgan fingerprint density at radius 3 is 2.95 bits per heavy atom. The Morgan fingerprint density at radius 1 is 1.37 bits per heavy atom. The summed E-state index contributed by atoms with van der Waals surface area (Å²) in [6.07, 6.45) is 1.01. The summed E-state index contributed by atoms with van der Waals surface area (Å²) < 4.78 is 3.04. The van der Waals surface area contributed by atoms with Gasteiger partial charge in [0.2, 0.25) is 0 Å². The van der Waals surface area contributed by atoms with Gasteiger partial charge in [0.05, 0.1) is 11.0 Å². The second-order valence-electron chi connectivity index (χ2n) is 5.01. The first-order valence-electron chi connectivity index (χ1n) is 6.37. The van der Waals surface area contributed by atoms with E-state index in [1.54, 1.807) is 11.3 Å². The maximum Gasteiger partial charge on any atom is 0.178 e. The molecule has 1 atom stereocenters. The van der Waals surface area contributed by atoms with Crippen LogP contribution in [-0.2, 0) is 6.42 Å². The number of nitrogens with one attached hydrogen (secondary N) is 1. The van der Waals surface area contributed by atoms with Gasteiger partial charge in [0.25, 0.3) is 0 Å². The van der Waals surface area contributed by atoms with E-state index >= 15 is 0 Å². The van der Waals surface area contributed by atoms with E-state index in [1.807, 2.05) is 0 Å². The van der Waals surface area contributed by atoms with E-state index in [0.717, 1.165) is 16.7 Å². The van der Waals surface area contributed by atoms with Crippen LogP contribution < -0.4 is 0 Å². The van der Waals surface area contributed by atoms with Crippen molar-refractivity contribution in [2.24, 2.45) is 0 Å². The van der Waals surface area contributed by atoms with Crippen LogP contribution in [0.3, 0.4) is 0 Å². The van der Waals surface area contributed by atoms with Gasteiger partial charge in [0.1, 0.15) is 0 Å². The molecular weight excluding hydrogens is 272 g/mol. The van der Waals surface area contributed by atoms with Crippen LogP contribution in [0.15, 0.2) is 35.0 Å². The van der Waals surface area contributed by atoms with Crippen molar-refractivity contribution in [2.75, 3.05) is 0 Å². The smallest absolute Gasteiger partial charge is 0.178 e. The van der Waals surface area contributed by atoms with E-state index in [2.05, 4.69) is 58.4 Å². The van der Waals surface area contributed by atoms with Gasteiger partial charge in [-0.1, -0.05) is 6.07 Å². The largest absolute Gasteiger partial charge is 0.331 e. The van der Waals surface area contributed by atoms with Crippen LogP contribution in [0.1, 0.15) is 24.1 Å². The Labute approximate surface area is 121 Å². The standard InChI is InChI=1S/C15H16N2S2/c1-10-3-4-13-14(7-10)17(15(18)16-13)11(2)8-12-5-6-19-9-12/h3-7,9,11H,8H2,1-2H3,(H,16,18). The minimum Gasteiger partial charge on any atom is -0.331 e. The number of aryl methyl sites for hydroxylation is 1. The van der Waals surface area contributed by atoms with Gasteiger partial charge in [-0.2, -0.15) is 11.3 Å². The fraction of sp³-hybridized carbons (Fsp3) is 0.267. The SMILES string of the molecule is Cc1ccc2[nH]c(=S)n(C(C)Cc3ccsc3)c2c1. The number of fused-ring (bicyclic) bond motifs is 1. The fourth-order valence-electron chi connectivity index (χ4n) is 2.51. The van der Waals surface area contributed by atoms with Gasteiger partial charge < -0.3 is 9.55 Å². The van der Waals surface area contributed by atoms with E-state index in [9.17, 15) is 0 Å². The quantitative estimate of drug-likeness (QED) is 0.682. The average Bonchev–Trinajstić information content (AvgIpc) is 2.95. The number of aromatic nitrogens is 2. The van der Waals surface area contributed by atoms with Gasteiger partial charge >= 0.3 is 0 Å². The van der Waals surface area contributed by atoms with E-state index in [1.165, 1.54) is 16.6 Å². The molecule has 0 spiro atoms. The lowest BCUT2D eigenvalue weighted by Gasteiger charge is -2.14. The van der Waals surface area contributed by atoms with Gasteiger partial charge in [0.15, 0.2) is 4.77 Å². The zero-order valence-corrected chi connectivity index (χ0v) is 12.6. The molecule has 0 saturated carbocycles. The third-order valence-corrected chi connectivity index (χ3v) is 4.46. The van der Waals surface area contributed by atoms with Crippen molar-refractivity contribution in [2.45, 2.75) is 26.3 Å². The summed E-state index contributed by atoms with van der Waals surface area (Å²) in [4.78, 5) is 3.30. The lowest BCUT2D eigenvalue weighted by molar-refractivity contribution is 0.553. The van der Waals surface area contributed by atoms with E-state index < -0.39 is 0 Å². The monoisotopic (exact) mass is 288 g/mol. The number of H-pyrrole nitrogens is 1. The number of benzene rings is 1. The average molecular weight is 288 g/mol. The second kappa shape index (κ2) is 4.94.